The monoisotopic (exact) mass is 282 g/mol. The normalized spacial score (nSPS) is 22.4. The Morgan fingerprint density at radius 3 is 2.32 bits per heavy atom. The predicted octanol–water partition coefficient (Wildman–Crippen LogP) is 2.98. The molecule has 0 N–H and O–H groups in total. The van der Waals surface area contributed by atoms with E-state index in [2.05, 4.69) is 6.92 Å². The molecule has 0 aliphatic carbocycles. The van der Waals surface area contributed by atoms with Crippen molar-refractivity contribution >= 4 is 9.84 Å². The second-order valence-corrected chi connectivity index (χ2v) is 7.23. The molecule has 0 spiro atoms. The summed E-state index contributed by atoms with van der Waals surface area (Å²) in [5.41, 5.74) is 1.18. The van der Waals surface area contributed by atoms with E-state index in [4.69, 9.17) is 4.74 Å². The number of rotatable bonds is 7. The van der Waals surface area contributed by atoms with Gasteiger partial charge in [-0.25, -0.2) is 8.42 Å². The van der Waals surface area contributed by atoms with Crippen LogP contribution in [0.3, 0.4) is 0 Å². The van der Waals surface area contributed by atoms with Crippen LogP contribution in [0.5, 0.6) is 0 Å². The van der Waals surface area contributed by atoms with Gasteiger partial charge in [-0.15, -0.1) is 0 Å². The van der Waals surface area contributed by atoms with Crippen molar-refractivity contribution in [3.63, 3.8) is 0 Å². The molecular formula is C15H22O3S. The van der Waals surface area contributed by atoms with Crippen LogP contribution in [0, 0.1) is 0 Å². The van der Waals surface area contributed by atoms with Crippen LogP contribution in [0.15, 0.2) is 29.2 Å². The van der Waals surface area contributed by atoms with Crippen LogP contribution in [-0.2, 0) is 21.0 Å². The van der Waals surface area contributed by atoms with E-state index >= 15 is 0 Å². The van der Waals surface area contributed by atoms with Crippen molar-refractivity contribution in [2.24, 2.45) is 0 Å². The molecule has 1 aromatic rings. The third-order valence-corrected chi connectivity index (χ3v) is 5.50. The summed E-state index contributed by atoms with van der Waals surface area (Å²) < 4.78 is 29.3. The first-order valence-electron chi connectivity index (χ1n) is 7.04. The maximum Gasteiger partial charge on any atom is 0.178 e. The van der Waals surface area contributed by atoms with Gasteiger partial charge in [0.05, 0.1) is 22.9 Å². The number of hydrogen-bond acceptors (Lipinski definition) is 3. The maximum atomic E-state index is 11.9. The molecule has 2 unspecified atom stereocenters. The second-order valence-electron chi connectivity index (χ2n) is 5.12. The summed E-state index contributed by atoms with van der Waals surface area (Å²) in [4.78, 5) is 0.437. The molecule has 106 valence electrons. The molecule has 0 bridgehead atoms. The van der Waals surface area contributed by atoms with E-state index in [1.54, 1.807) is 12.1 Å². The van der Waals surface area contributed by atoms with Crippen molar-refractivity contribution in [2.45, 2.75) is 56.6 Å². The van der Waals surface area contributed by atoms with Gasteiger partial charge in [0.15, 0.2) is 9.84 Å². The lowest BCUT2D eigenvalue weighted by molar-refractivity contribution is 0.360. The van der Waals surface area contributed by atoms with Crippen LogP contribution in [0.4, 0.5) is 0 Å². The van der Waals surface area contributed by atoms with Crippen molar-refractivity contribution in [1.82, 2.24) is 0 Å². The standard InChI is InChI=1S/C15H22O3S/c1-3-11-19(16,17)13-8-5-12(6-9-13)7-10-15-14(4-2)18-15/h5-6,8-9,14-15H,3-4,7,10-11H2,1-2H3. The predicted molar refractivity (Wildman–Crippen MR) is 76.1 cm³/mol. The van der Waals surface area contributed by atoms with E-state index in [-0.39, 0.29) is 5.75 Å². The number of ether oxygens (including phenoxy) is 1. The summed E-state index contributed by atoms with van der Waals surface area (Å²) in [6, 6.07) is 7.30. The van der Waals surface area contributed by atoms with Crippen LogP contribution in [0.2, 0.25) is 0 Å². The zero-order valence-corrected chi connectivity index (χ0v) is 12.4. The molecule has 1 fully saturated rings. The fourth-order valence-corrected chi connectivity index (χ4v) is 3.68. The van der Waals surface area contributed by atoms with Crippen LogP contribution in [0.25, 0.3) is 0 Å². The number of sulfone groups is 1. The van der Waals surface area contributed by atoms with Crippen molar-refractivity contribution < 1.29 is 13.2 Å². The van der Waals surface area contributed by atoms with Gasteiger partial charge in [0.2, 0.25) is 0 Å². The minimum atomic E-state index is -3.08. The highest BCUT2D eigenvalue weighted by Crippen LogP contribution is 2.29. The third-order valence-electron chi connectivity index (χ3n) is 3.56. The average molecular weight is 282 g/mol. The van der Waals surface area contributed by atoms with Gasteiger partial charge >= 0.3 is 0 Å². The minimum Gasteiger partial charge on any atom is -0.370 e. The molecular weight excluding hydrogens is 260 g/mol. The van der Waals surface area contributed by atoms with Crippen LogP contribution in [0.1, 0.15) is 38.7 Å². The van der Waals surface area contributed by atoms with Crippen molar-refractivity contribution in [3.05, 3.63) is 29.8 Å². The quantitative estimate of drug-likeness (QED) is 0.722. The average Bonchev–Trinajstić information content (AvgIpc) is 3.15. The Balaban J connectivity index is 1.91. The molecule has 1 aliphatic heterocycles. The Morgan fingerprint density at radius 1 is 1.11 bits per heavy atom. The highest BCUT2D eigenvalue weighted by Gasteiger charge is 2.35. The number of aryl methyl sites for hydroxylation is 1. The highest BCUT2D eigenvalue weighted by atomic mass is 32.2. The zero-order valence-electron chi connectivity index (χ0n) is 11.6. The molecule has 19 heavy (non-hydrogen) atoms. The molecule has 4 heteroatoms. The van der Waals surface area contributed by atoms with Crippen molar-refractivity contribution in [2.75, 3.05) is 5.75 Å². The van der Waals surface area contributed by atoms with Crippen LogP contribution >= 0.6 is 0 Å². The fraction of sp³-hybridized carbons (Fsp3) is 0.600. The SMILES string of the molecule is CCCS(=O)(=O)c1ccc(CCC2OC2CC)cc1. The summed E-state index contributed by atoms with van der Waals surface area (Å²) in [5, 5.41) is 0. The molecule has 1 saturated heterocycles. The van der Waals surface area contributed by atoms with E-state index < -0.39 is 9.84 Å². The highest BCUT2D eigenvalue weighted by molar-refractivity contribution is 7.91. The van der Waals surface area contributed by atoms with E-state index in [0.29, 0.717) is 23.5 Å². The van der Waals surface area contributed by atoms with Crippen molar-refractivity contribution in [1.29, 1.82) is 0 Å². The fourth-order valence-electron chi connectivity index (χ4n) is 2.35. The minimum absolute atomic E-state index is 0.223. The summed E-state index contributed by atoms with van der Waals surface area (Å²) in [7, 11) is -3.08. The van der Waals surface area contributed by atoms with E-state index in [1.165, 1.54) is 5.56 Å². The van der Waals surface area contributed by atoms with Gasteiger partial charge in [0.25, 0.3) is 0 Å². The van der Waals surface area contributed by atoms with Crippen LogP contribution in [-0.4, -0.2) is 26.4 Å². The molecule has 1 aromatic carbocycles. The third kappa shape index (κ3) is 3.80. The first-order valence-corrected chi connectivity index (χ1v) is 8.69. The number of benzene rings is 1. The first-order chi connectivity index (χ1) is 9.06. The van der Waals surface area contributed by atoms with Crippen LogP contribution < -0.4 is 0 Å². The Morgan fingerprint density at radius 2 is 1.79 bits per heavy atom. The topological polar surface area (TPSA) is 46.7 Å². The Bertz CT molecular complexity index is 505. The number of epoxide rings is 1. The molecule has 1 heterocycles. The van der Waals surface area contributed by atoms with E-state index in [1.807, 2.05) is 19.1 Å². The molecule has 2 atom stereocenters. The molecule has 0 radical (unpaired) electrons. The lowest BCUT2D eigenvalue weighted by Gasteiger charge is -2.04. The largest absolute Gasteiger partial charge is 0.370 e. The summed E-state index contributed by atoms with van der Waals surface area (Å²) in [6.07, 6.45) is 4.58. The van der Waals surface area contributed by atoms with Gasteiger partial charge in [-0.1, -0.05) is 26.0 Å². The van der Waals surface area contributed by atoms with Gasteiger partial charge < -0.3 is 4.74 Å². The molecule has 0 amide bonds. The lowest BCUT2D eigenvalue weighted by Crippen LogP contribution is -2.05. The van der Waals surface area contributed by atoms with E-state index in [0.717, 1.165) is 19.3 Å². The summed E-state index contributed by atoms with van der Waals surface area (Å²) in [6.45, 7) is 4.02. The van der Waals surface area contributed by atoms with Gasteiger partial charge in [-0.3, -0.25) is 0 Å². The molecule has 0 aromatic heterocycles. The lowest BCUT2D eigenvalue weighted by atomic mass is 10.1. The maximum absolute atomic E-state index is 11.9. The molecule has 1 aliphatic rings. The molecule has 3 nitrogen and oxygen atoms in total. The molecule has 0 saturated carbocycles. The van der Waals surface area contributed by atoms with E-state index in [9.17, 15) is 8.42 Å². The van der Waals surface area contributed by atoms with Gasteiger partial charge in [-0.05, 0) is 43.4 Å². The van der Waals surface area contributed by atoms with Gasteiger partial charge in [0, 0.05) is 0 Å². The second kappa shape index (κ2) is 6.06. The zero-order chi connectivity index (χ0) is 13.9. The summed E-state index contributed by atoms with van der Waals surface area (Å²) in [5.74, 6) is 0.223. The van der Waals surface area contributed by atoms with Gasteiger partial charge in [-0.2, -0.15) is 0 Å². The Kier molecular flexibility index (Phi) is 4.63. The smallest absolute Gasteiger partial charge is 0.178 e. The van der Waals surface area contributed by atoms with Gasteiger partial charge in [0.1, 0.15) is 0 Å². The Hall–Kier alpha value is -0.870. The first kappa shape index (κ1) is 14.5. The number of hydrogen-bond donors (Lipinski definition) is 0. The summed E-state index contributed by atoms with van der Waals surface area (Å²) >= 11 is 0. The van der Waals surface area contributed by atoms with Crippen molar-refractivity contribution in [3.8, 4) is 0 Å². The molecule has 2 rings (SSSR count). The Labute approximate surface area is 115 Å².